The van der Waals surface area contributed by atoms with Gasteiger partial charge in [-0.3, -0.25) is 9.89 Å². The number of hydrogen-bond acceptors (Lipinski definition) is 3. The molecule has 106 valence electrons. The van der Waals surface area contributed by atoms with Gasteiger partial charge in [-0.25, -0.2) is 4.39 Å². The monoisotopic (exact) mass is 293 g/mol. The van der Waals surface area contributed by atoms with E-state index < -0.39 is 0 Å². The van der Waals surface area contributed by atoms with E-state index in [1.165, 1.54) is 17.8 Å². The van der Waals surface area contributed by atoms with Crippen LogP contribution in [0.25, 0.3) is 0 Å². The summed E-state index contributed by atoms with van der Waals surface area (Å²) in [7, 11) is 0. The lowest BCUT2D eigenvalue weighted by atomic mass is 10.3. The summed E-state index contributed by atoms with van der Waals surface area (Å²) in [5.41, 5.74) is 2.32. The molecule has 1 heterocycles. The van der Waals surface area contributed by atoms with E-state index in [0.29, 0.717) is 17.1 Å². The molecule has 0 atom stereocenters. The lowest BCUT2D eigenvalue weighted by Crippen LogP contribution is -2.13. The minimum Gasteiger partial charge on any atom is -0.323 e. The maximum Gasteiger partial charge on any atom is 0.225 e. The summed E-state index contributed by atoms with van der Waals surface area (Å²) < 4.78 is 13.4. The summed E-state index contributed by atoms with van der Waals surface area (Å²) in [6.07, 6.45) is 0.322. The maximum absolute atomic E-state index is 13.4. The molecule has 2 N–H and O–H groups in total. The van der Waals surface area contributed by atoms with E-state index >= 15 is 0 Å². The van der Waals surface area contributed by atoms with Gasteiger partial charge in [0.05, 0.1) is 17.1 Å². The zero-order chi connectivity index (χ0) is 14.5. The van der Waals surface area contributed by atoms with Crippen molar-refractivity contribution < 1.29 is 9.18 Å². The van der Waals surface area contributed by atoms with E-state index in [2.05, 4.69) is 15.5 Å². The number of rotatable bonds is 5. The van der Waals surface area contributed by atoms with Crippen molar-refractivity contribution in [2.24, 2.45) is 0 Å². The summed E-state index contributed by atoms with van der Waals surface area (Å²) in [6, 6.07) is 6.56. The summed E-state index contributed by atoms with van der Waals surface area (Å²) >= 11 is 1.34. The van der Waals surface area contributed by atoms with E-state index in [1.807, 2.05) is 13.8 Å². The molecular weight excluding hydrogens is 277 g/mol. The molecule has 2 rings (SSSR count). The molecule has 0 radical (unpaired) electrons. The summed E-state index contributed by atoms with van der Waals surface area (Å²) in [6.45, 7) is 3.68. The Balaban J connectivity index is 1.83. The number of aromatic amines is 1. The van der Waals surface area contributed by atoms with Crippen molar-refractivity contribution in [3.05, 3.63) is 41.5 Å². The van der Waals surface area contributed by atoms with Gasteiger partial charge in [0, 0.05) is 17.1 Å². The maximum atomic E-state index is 13.4. The highest BCUT2D eigenvalue weighted by Crippen LogP contribution is 2.22. The number of carbonyl (C=O) groups is 1. The summed E-state index contributed by atoms with van der Waals surface area (Å²) in [5, 5.41) is 9.65. The molecule has 20 heavy (non-hydrogen) atoms. The molecular formula is C14H16FN3OS. The normalized spacial score (nSPS) is 10.6. The van der Waals surface area contributed by atoms with Gasteiger partial charge >= 0.3 is 0 Å². The molecule has 0 saturated heterocycles. The van der Waals surface area contributed by atoms with E-state index in [4.69, 9.17) is 0 Å². The van der Waals surface area contributed by atoms with Crippen molar-refractivity contribution in [1.29, 1.82) is 0 Å². The van der Waals surface area contributed by atoms with Crippen molar-refractivity contribution in [1.82, 2.24) is 10.2 Å². The van der Waals surface area contributed by atoms with Crippen molar-refractivity contribution in [2.45, 2.75) is 25.2 Å². The summed E-state index contributed by atoms with van der Waals surface area (Å²) in [5.74, 6) is 0.184. The first kappa shape index (κ1) is 14.6. The van der Waals surface area contributed by atoms with Crippen molar-refractivity contribution in [2.75, 3.05) is 11.1 Å². The molecule has 4 nitrogen and oxygen atoms in total. The number of aryl methyl sites for hydroxylation is 2. The zero-order valence-electron chi connectivity index (χ0n) is 11.4. The van der Waals surface area contributed by atoms with Gasteiger partial charge in [-0.15, -0.1) is 11.8 Å². The van der Waals surface area contributed by atoms with Crippen LogP contribution in [0.5, 0.6) is 0 Å². The third-order valence-corrected chi connectivity index (χ3v) is 3.87. The van der Waals surface area contributed by atoms with Crippen molar-refractivity contribution >= 4 is 23.4 Å². The molecule has 0 fully saturated rings. The molecule has 1 aromatic carbocycles. The first-order valence-electron chi connectivity index (χ1n) is 6.26. The average Bonchev–Trinajstić information content (AvgIpc) is 2.73. The Hall–Kier alpha value is -1.82. The number of benzene rings is 1. The predicted octanol–water partition coefficient (Wildman–Crippen LogP) is 3.29. The molecule has 0 spiro atoms. The van der Waals surface area contributed by atoms with Crippen LogP contribution in [-0.4, -0.2) is 21.9 Å². The molecule has 0 aliphatic heterocycles. The van der Waals surface area contributed by atoms with Gasteiger partial charge in [-0.2, -0.15) is 5.10 Å². The van der Waals surface area contributed by atoms with Gasteiger partial charge in [0.2, 0.25) is 5.91 Å². The third-order valence-electron chi connectivity index (χ3n) is 2.82. The second-order valence-corrected chi connectivity index (χ2v) is 5.52. The number of halogens is 1. The molecule has 0 bridgehead atoms. The minimum absolute atomic E-state index is 0.0959. The van der Waals surface area contributed by atoms with E-state index in [9.17, 15) is 9.18 Å². The van der Waals surface area contributed by atoms with Gasteiger partial charge in [0.1, 0.15) is 5.82 Å². The number of nitrogens with zero attached hydrogens (tertiary/aromatic N) is 1. The summed E-state index contributed by atoms with van der Waals surface area (Å²) in [4.78, 5) is 12.4. The molecule has 0 unspecified atom stereocenters. The fraction of sp³-hybridized carbons (Fsp3) is 0.286. The fourth-order valence-electron chi connectivity index (χ4n) is 1.75. The van der Waals surface area contributed by atoms with Crippen LogP contribution in [0.4, 0.5) is 10.1 Å². The van der Waals surface area contributed by atoms with Gasteiger partial charge in [0.25, 0.3) is 0 Å². The van der Waals surface area contributed by atoms with Crippen LogP contribution in [0.15, 0.2) is 29.2 Å². The van der Waals surface area contributed by atoms with Crippen LogP contribution >= 0.6 is 11.8 Å². The number of amides is 1. The van der Waals surface area contributed by atoms with Gasteiger partial charge < -0.3 is 5.32 Å². The van der Waals surface area contributed by atoms with E-state index in [0.717, 1.165) is 17.1 Å². The van der Waals surface area contributed by atoms with Gasteiger partial charge in [-0.05, 0) is 26.0 Å². The molecule has 6 heteroatoms. The Kier molecular flexibility index (Phi) is 4.79. The van der Waals surface area contributed by atoms with Gasteiger partial charge in [0.15, 0.2) is 0 Å². The largest absolute Gasteiger partial charge is 0.323 e. The number of anilines is 1. The van der Waals surface area contributed by atoms with Crippen LogP contribution in [0.3, 0.4) is 0 Å². The van der Waals surface area contributed by atoms with E-state index in [1.54, 1.807) is 18.2 Å². The fourth-order valence-corrected chi connectivity index (χ4v) is 2.64. The van der Waals surface area contributed by atoms with Crippen LogP contribution in [-0.2, 0) is 4.79 Å². The molecule has 1 aromatic heterocycles. The second kappa shape index (κ2) is 6.56. The average molecular weight is 293 g/mol. The number of thioether (sulfide) groups is 1. The number of aromatic nitrogens is 2. The number of H-pyrrole nitrogens is 1. The molecule has 1 amide bonds. The lowest BCUT2D eigenvalue weighted by molar-refractivity contribution is -0.115. The second-order valence-electron chi connectivity index (χ2n) is 4.39. The highest BCUT2D eigenvalue weighted by atomic mass is 32.2. The van der Waals surface area contributed by atoms with Crippen LogP contribution < -0.4 is 5.32 Å². The van der Waals surface area contributed by atoms with Crippen molar-refractivity contribution in [3.8, 4) is 0 Å². The number of nitrogens with one attached hydrogen (secondary N) is 2. The Morgan fingerprint density at radius 1 is 1.40 bits per heavy atom. The lowest BCUT2D eigenvalue weighted by Gasteiger charge is -2.05. The number of carbonyl (C=O) groups excluding carboxylic acids is 1. The molecule has 0 saturated carbocycles. The Morgan fingerprint density at radius 3 is 2.80 bits per heavy atom. The first-order chi connectivity index (χ1) is 9.58. The van der Waals surface area contributed by atoms with Crippen molar-refractivity contribution in [3.63, 3.8) is 0 Å². The quantitative estimate of drug-likeness (QED) is 0.832. The van der Waals surface area contributed by atoms with Crippen LogP contribution in [0.2, 0.25) is 0 Å². The Morgan fingerprint density at radius 2 is 2.15 bits per heavy atom. The van der Waals surface area contributed by atoms with Gasteiger partial charge in [-0.1, -0.05) is 12.1 Å². The Labute approximate surface area is 121 Å². The topological polar surface area (TPSA) is 57.8 Å². The highest BCUT2D eigenvalue weighted by Gasteiger charge is 2.10. The SMILES string of the molecule is Cc1n[nH]c(C)c1NC(=O)CCSc1ccccc1F. The number of hydrogen-bond donors (Lipinski definition) is 2. The van der Waals surface area contributed by atoms with E-state index in [-0.39, 0.29) is 11.7 Å². The smallest absolute Gasteiger partial charge is 0.225 e. The zero-order valence-corrected chi connectivity index (χ0v) is 12.2. The molecule has 0 aliphatic rings. The third kappa shape index (κ3) is 3.60. The van der Waals surface area contributed by atoms with Crippen LogP contribution in [0, 0.1) is 19.7 Å². The first-order valence-corrected chi connectivity index (χ1v) is 7.25. The highest BCUT2D eigenvalue weighted by molar-refractivity contribution is 7.99. The molecule has 2 aromatic rings. The predicted molar refractivity (Wildman–Crippen MR) is 78.4 cm³/mol. The minimum atomic E-state index is -0.251. The van der Waals surface area contributed by atoms with Crippen LogP contribution in [0.1, 0.15) is 17.8 Å². The Bertz CT molecular complexity index is 593. The standard InChI is InChI=1S/C14H16FN3OS/c1-9-14(10(2)18-17-9)16-13(19)7-8-20-12-6-4-3-5-11(12)15/h3-6H,7-8H2,1-2H3,(H,16,19)(H,17,18). The molecule has 0 aliphatic carbocycles.